The van der Waals surface area contributed by atoms with Gasteiger partial charge < -0.3 is 0 Å². The summed E-state index contributed by atoms with van der Waals surface area (Å²) < 4.78 is 3.86. The van der Waals surface area contributed by atoms with E-state index in [9.17, 15) is 9.59 Å². The van der Waals surface area contributed by atoms with E-state index in [-0.39, 0.29) is 46.0 Å². The molecular weight excluding hydrogens is 712 g/mol. The summed E-state index contributed by atoms with van der Waals surface area (Å²) in [5.41, 5.74) is 7.56. The van der Waals surface area contributed by atoms with E-state index in [0.717, 1.165) is 17.2 Å². The number of carbonyl (C=O) groups is 2. The predicted molar refractivity (Wildman–Crippen MR) is 190 cm³/mol. The van der Waals surface area contributed by atoms with Crippen molar-refractivity contribution in [1.29, 1.82) is 0 Å². The first kappa shape index (κ1) is 27.0. The van der Waals surface area contributed by atoms with Crippen LogP contribution in [0.5, 0.6) is 0 Å². The predicted octanol–water partition coefficient (Wildman–Crippen LogP) is 7.08. The van der Waals surface area contributed by atoms with Gasteiger partial charge in [0, 0.05) is 0 Å². The number of fused-ring (bicyclic) bond motifs is 6. The first-order valence-corrected chi connectivity index (χ1v) is 23.4. The fourth-order valence-corrected chi connectivity index (χ4v) is 18.4. The molecule has 46 heavy (non-hydrogen) atoms. The molecule has 3 aromatic carbocycles. The molecule has 0 radical (unpaired) electrons. The quantitative estimate of drug-likeness (QED) is 0.105. The first-order chi connectivity index (χ1) is 22.3. The monoisotopic (exact) mass is 747 g/mol. The molecule has 0 saturated heterocycles. The fourth-order valence-electron chi connectivity index (χ4n) is 11.2. The van der Waals surface area contributed by atoms with Crippen molar-refractivity contribution in [3.8, 4) is 0 Å². The number of ketones is 2. The SMILES string of the molecule is C[Si]1(C)c2ccccc2N2c3[se]c(/C=C4/C(=O)c5cc6cc[se]c6cc5C4=O)cc3C3(c4cccc1c42)C1CC2CC(C1)CC3C2. The Bertz CT molecular complexity index is 2190. The van der Waals surface area contributed by atoms with Gasteiger partial charge in [0.1, 0.15) is 0 Å². The van der Waals surface area contributed by atoms with Gasteiger partial charge in [0.25, 0.3) is 0 Å². The van der Waals surface area contributed by atoms with E-state index in [1.165, 1.54) is 67.5 Å². The Kier molecular flexibility index (Phi) is 5.24. The van der Waals surface area contributed by atoms with Crippen LogP contribution in [0, 0.1) is 23.7 Å². The Labute approximate surface area is 281 Å². The molecule has 0 amide bonds. The van der Waals surface area contributed by atoms with Crippen LogP contribution in [-0.2, 0) is 5.41 Å². The minimum absolute atomic E-state index is 0.0200. The van der Waals surface area contributed by atoms with E-state index in [4.69, 9.17) is 0 Å². The molecular formula is C40H33NO2Se2Si. The molecule has 4 heterocycles. The fraction of sp³-hybridized carbons (Fsp3) is 0.300. The summed E-state index contributed by atoms with van der Waals surface area (Å²) in [7, 11) is -1.94. The van der Waals surface area contributed by atoms with Crippen molar-refractivity contribution in [2.24, 2.45) is 23.7 Å². The number of para-hydroxylation sites is 2. The molecule has 12 rings (SSSR count). The van der Waals surface area contributed by atoms with Gasteiger partial charge in [-0.05, 0) is 0 Å². The molecule has 6 heteroatoms. The molecule has 4 saturated carbocycles. The number of hydrogen-bond acceptors (Lipinski definition) is 3. The van der Waals surface area contributed by atoms with Gasteiger partial charge in [-0.25, -0.2) is 0 Å². The van der Waals surface area contributed by atoms with Crippen LogP contribution in [0.2, 0.25) is 13.1 Å². The number of benzene rings is 3. The van der Waals surface area contributed by atoms with E-state index in [2.05, 4.69) is 77.5 Å². The summed E-state index contributed by atoms with van der Waals surface area (Å²) in [6, 6.07) is 25.0. The average Bonchev–Trinajstić information content (AvgIpc) is 3.75. The van der Waals surface area contributed by atoms with E-state index in [0.29, 0.717) is 28.5 Å². The number of carbonyl (C=O) groups excluding carboxylic acids is 2. The Balaban J connectivity index is 1.16. The molecule has 2 aliphatic heterocycles. The van der Waals surface area contributed by atoms with Gasteiger partial charge in [0.2, 0.25) is 0 Å². The van der Waals surface area contributed by atoms with Gasteiger partial charge in [-0.3, -0.25) is 0 Å². The summed E-state index contributed by atoms with van der Waals surface area (Å²) in [5.74, 6) is 2.91. The van der Waals surface area contributed by atoms with Crippen LogP contribution >= 0.6 is 0 Å². The first-order valence-electron chi connectivity index (χ1n) is 16.8. The third-order valence-electron chi connectivity index (χ3n) is 12.9. The molecule has 5 aromatic rings. The zero-order valence-corrected chi connectivity index (χ0v) is 30.4. The summed E-state index contributed by atoms with van der Waals surface area (Å²) in [6.07, 6.45) is 8.82. The van der Waals surface area contributed by atoms with Crippen LogP contribution in [0.3, 0.4) is 0 Å². The molecule has 0 unspecified atom stereocenters. The molecule has 4 fully saturated rings. The number of rotatable bonds is 1. The van der Waals surface area contributed by atoms with Crippen LogP contribution in [-0.4, -0.2) is 48.6 Å². The maximum absolute atomic E-state index is 13.9. The normalized spacial score (nSPS) is 29.9. The van der Waals surface area contributed by atoms with Crippen molar-refractivity contribution in [2.45, 2.75) is 50.6 Å². The maximum atomic E-state index is 13.9. The summed E-state index contributed by atoms with van der Waals surface area (Å²) in [6.45, 7) is 5.09. The van der Waals surface area contributed by atoms with Crippen LogP contribution < -0.4 is 15.3 Å². The van der Waals surface area contributed by atoms with Gasteiger partial charge in [0.05, 0.1) is 0 Å². The van der Waals surface area contributed by atoms with E-state index in [1.807, 2.05) is 18.2 Å². The number of nitrogens with zero attached hydrogens (tertiary/aromatic N) is 1. The Morgan fingerprint density at radius 1 is 0.804 bits per heavy atom. The molecule has 2 aromatic heterocycles. The summed E-state index contributed by atoms with van der Waals surface area (Å²) >= 11 is 0.219. The van der Waals surface area contributed by atoms with Crippen molar-refractivity contribution < 1.29 is 9.59 Å². The third-order valence-corrected chi connectivity index (χ3v) is 20.5. The van der Waals surface area contributed by atoms with Crippen molar-refractivity contribution >= 4 is 90.7 Å². The van der Waals surface area contributed by atoms with Gasteiger partial charge in [-0.15, -0.1) is 0 Å². The van der Waals surface area contributed by atoms with Crippen LogP contribution in [0.1, 0.15) is 68.4 Å². The van der Waals surface area contributed by atoms with Crippen molar-refractivity contribution in [3.63, 3.8) is 0 Å². The van der Waals surface area contributed by atoms with Crippen molar-refractivity contribution in [3.05, 3.63) is 104 Å². The van der Waals surface area contributed by atoms with E-state index < -0.39 is 8.07 Å². The van der Waals surface area contributed by atoms with Gasteiger partial charge in [-0.2, -0.15) is 0 Å². The van der Waals surface area contributed by atoms with Crippen molar-refractivity contribution in [1.82, 2.24) is 0 Å². The van der Waals surface area contributed by atoms with Gasteiger partial charge in [0.15, 0.2) is 0 Å². The third kappa shape index (κ3) is 3.17. The number of anilines is 3. The topological polar surface area (TPSA) is 37.4 Å². The zero-order valence-electron chi connectivity index (χ0n) is 25.9. The molecule has 7 aliphatic rings. The van der Waals surface area contributed by atoms with Gasteiger partial charge >= 0.3 is 283 Å². The van der Waals surface area contributed by atoms with Crippen molar-refractivity contribution in [2.75, 3.05) is 4.90 Å². The number of Topliss-reactive ketones (excluding diaryl/α,β-unsaturated/α-hetero) is 2. The van der Waals surface area contributed by atoms with Crippen LogP contribution in [0.4, 0.5) is 15.9 Å². The second-order valence-electron chi connectivity index (χ2n) is 15.3. The Morgan fingerprint density at radius 2 is 1.52 bits per heavy atom. The molecule has 5 aliphatic carbocycles. The van der Waals surface area contributed by atoms with Crippen LogP contribution in [0.15, 0.2) is 77.2 Å². The number of allylic oxidation sites excluding steroid dienone is 1. The molecule has 226 valence electrons. The summed E-state index contributed by atoms with van der Waals surface area (Å²) in [4.78, 5) is 32.5. The van der Waals surface area contributed by atoms with E-state index in [1.54, 1.807) is 10.8 Å². The number of hydrogen-bond donors (Lipinski definition) is 0. The molecule has 3 nitrogen and oxygen atoms in total. The van der Waals surface area contributed by atoms with E-state index >= 15 is 0 Å². The molecule has 1 spiro atoms. The van der Waals surface area contributed by atoms with Crippen LogP contribution in [0.25, 0.3) is 15.7 Å². The average molecular weight is 746 g/mol. The minimum atomic E-state index is -1.94. The zero-order chi connectivity index (χ0) is 30.7. The Morgan fingerprint density at radius 3 is 2.30 bits per heavy atom. The van der Waals surface area contributed by atoms with Gasteiger partial charge in [-0.1, -0.05) is 0 Å². The molecule has 0 N–H and O–H groups in total. The standard InChI is InChI=1S/C40H33NO2Se2Si/c1-46(2)34-8-4-3-7-32(34)41-36-30(6-5-9-35(36)46)40(24-13-21-12-22(15-24)16-25(40)14-21)31-19-26(45-39(31)41)18-29-37(42)27-17-23-10-11-44-33(23)20-28(27)38(29)43/h3-11,17-22,24-25H,12-16H2,1-2H3/b29-18-. The Hall–Kier alpha value is -2.98. The second-order valence-corrected chi connectivity index (χ2v) is 23.8. The molecule has 4 bridgehead atoms. The summed E-state index contributed by atoms with van der Waals surface area (Å²) in [5, 5.41) is 4.19. The second kappa shape index (κ2) is 8.92. The molecule has 0 atom stereocenters.